The molecule has 0 aliphatic carbocycles. The number of likely N-dealkylation sites (N-methyl/N-ethyl adjacent to an activating group) is 1. The molecule has 1 aromatic carbocycles. The summed E-state index contributed by atoms with van der Waals surface area (Å²) in [5.41, 5.74) is 2.69. The second-order valence-electron chi connectivity index (χ2n) is 4.06. The van der Waals surface area contributed by atoms with Crippen molar-refractivity contribution in [3.05, 3.63) is 29.8 Å². The molecule has 0 spiro atoms. The van der Waals surface area contributed by atoms with Crippen LogP contribution in [0, 0.1) is 6.92 Å². The van der Waals surface area contributed by atoms with Gasteiger partial charge in [-0.3, -0.25) is 0 Å². The molecule has 0 aromatic heterocycles. The molecule has 1 N–H and O–H groups in total. The van der Waals surface area contributed by atoms with Gasteiger partial charge in [0.15, 0.2) is 0 Å². The van der Waals surface area contributed by atoms with Crippen molar-refractivity contribution in [2.24, 2.45) is 0 Å². The summed E-state index contributed by atoms with van der Waals surface area (Å²) < 4.78 is 0. The van der Waals surface area contributed by atoms with E-state index in [0.29, 0.717) is 6.04 Å². The Morgan fingerprint density at radius 2 is 2.00 bits per heavy atom. The van der Waals surface area contributed by atoms with Crippen LogP contribution in [0.4, 0.5) is 5.69 Å². The molecule has 1 atom stereocenters. The lowest BCUT2D eigenvalue weighted by molar-refractivity contribution is 0.617. The number of hydrogen-bond donors (Lipinski definition) is 1. The van der Waals surface area contributed by atoms with E-state index in [-0.39, 0.29) is 0 Å². The summed E-state index contributed by atoms with van der Waals surface area (Å²) in [6.45, 7) is 4.44. The van der Waals surface area contributed by atoms with Crippen molar-refractivity contribution in [1.29, 1.82) is 0 Å². The van der Waals surface area contributed by atoms with Gasteiger partial charge in [0.25, 0.3) is 0 Å². The number of hydrogen-bond acceptors (Lipinski definition) is 2. The average molecular weight is 190 g/mol. The lowest BCUT2D eigenvalue weighted by Gasteiger charge is -2.18. The van der Waals surface area contributed by atoms with Crippen LogP contribution >= 0.6 is 0 Å². The molecule has 1 fully saturated rings. The Morgan fingerprint density at radius 1 is 1.29 bits per heavy atom. The molecule has 2 nitrogen and oxygen atoms in total. The van der Waals surface area contributed by atoms with E-state index < -0.39 is 0 Å². The summed E-state index contributed by atoms with van der Waals surface area (Å²) in [5, 5.41) is 3.33. The van der Waals surface area contributed by atoms with E-state index in [4.69, 9.17) is 0 Å². The third kappa shape index (κ3) is 1.90. The van der Waals surface area contributed by atoms with Crippen LogP contribution in [0.5, 0.6) is 0 Å². The molecule has 0 bridgehead atoms. The van der Waals surface area contributed by atoms with E-state index >= 15 is 0 Å². The molecular weight excluding hydrogens is 172 g/mol. The predicted molar refractivity (Wildman–Crippen MR) is 60.9 cm³/mol. The third-order valence-electron chi connectivity index (χ3n) is 3.00. The van der Waals surface area contributed by atoms with E-state index in [1.165, 1.54) is 24.2 Å². The van der Waals surface area contributed by atoms with Gasteiger partial charge < -0.3 is 10.2 Å². The summed E-state index contributed by atoms with van der Waals surface area (Å²) in [6.07, 6.45) is 1.25. The summed E-state index contributed by atoms with van der Waals surface area (Å²) in [7, 11) is 2.04. The minimum Gasteiger partial charge on any atom is -0.370 e. The zero-order valence-electron chi connectivity index (χ0n) is 8.96. The minimum atomic E-state index is 0.663. The first kappa shape index (κ1) is 9.53. The Bertz CT molecular complexity index is 292. The lowest BCUT2D eigenvalue weighted by Crippen LogP contribution is -2.29. The summed E-state index contributed by atoms with van der Waals surface area (Å²) >= 11 is 0. The van der Waals surface area contributed by atoms with Crippen LogP contribution < -0.4 is 10.2 Å². The van der Waals surface area contributed by atoms with Crippen LogP contribution in [0.25, 0.3) is 0 Å². The first-order chi connectivity index (χ1) is 6.79. The van der Waals surface area contributed by atoms with E-state index in [2.05, 4.69) is 41.4 Å². The first-order valence-corrected chi connectivity index (χ1v) is 5.28. The Balaban J connectivity index is 2.06. The Hall–Kier alpha value is -1.02. The van der Waals surface area contributed by atoms with E-state index in [0.717, 1.165) is 6.54 Å². The van der Waals surface area contributed by atoms with E-state index in [1.807, 2.05) is 7.05 Å². The van der Waals surface area contributed by atoms with E-state index in [9.17, 15) is 0 Å². The first-order valence-electron chi connectivity index (χ1n) is 5.28. The van der Waals surface area contributed by atoms with Gasteiger partial charge in [-0.05, 0) is 32.5 Å². The predicted octanol–water partition coefficient (Wildman–Crippen LogP) is 1.79. The van der Waals surface area contributed by atoms with Crippen molar-refractivity contribution in [1.82, 2.24) is 5.32 Å². The molecule has 1 saturated heterocycles. The minimum absolute atomic E-state index is 0.663. The highest BCUT2D eigenvalue weighted by molar-refractivity contribution is 5.48. The highest BCUT2D eigenvalue weighted by atomic mass is 15.2. The number of nitrogens with one attached hydrogen (secondary N) is 1. The second kappa shape index (κ2) is 4.01. The van der Waals surface area contributed by atoms with Crippen molar-refractivity contribution in [2.45, 2.75) is 19.4 Å². The Labute approximate surface area is 85.9 Å². The average Bonchev–Trinajstić information content (AvgIpc) is 2.67. The molecule has 0 radical (unpaired) electrons. The molecule has 76 valence electrons. The topological polar surface area (TPSA) is 15.3 Å². The zero-order valence-corrected chi connectivity index (χ0v) is 8.96. The van der Waals surface area contributed by atoms with Crippen LogP contribution in [-0.4, -0.2) is 26.2 Å². The lowest BCUT2D eigenvalue weighted by atomic mass is 10.2. The van der Waals surface area contributed by atoms with Crippen LogP contribution in [0.1, 0.15) is 12.0 Å². The number of anilines is 1. The SMILES string of the molecule is CN[C@H]1CCN(c2ccc(C)cc2)C1. The maximum Gasteiger partial charge on any atom is 0.0366 e. The van der Waals surface area contributed by atoms with Crippen molar-refractivity contribution in [3.63, 3.8) is 0 Å². The maximum atomic E-state index is 3.33. The number of nitrogens with zero attached hydrogens (tertiary/aromatic N) is 1. The number of aryl methyl sites for hydroxylation is 1. The molecule has 1 heterocycles. The number of benzene rings is 1. The summed E-state index contributed by atoms with van der Waals surface area (Å²) in [4.78, 5) is 2.45. The van der Waals surface area contributed by atoms with Gasteiger partial charge in [-0.1, -0.05) is 17.7 Å². The van der Waals surface area contributed by atoms with Crippen LogP contribution in [0.3, 0.4) is 0 Å². The van der Waals surface area contributed by atoms with Gasteiger partial charge >= 0.3 is 0 Å². The maximum absolute atomic E-state index is 3.33. The molecule has 0 saturated carbocycles. The van der Waals surface area contributed by atoms with E-state index in [1.54, 1.807) is 0 Å². The fourth-order valence-electron chi connectivity index (χ4n) is 1.99. The number of rotatable bonds is 2. The van der Waals surface area contributed by atoms with Gasteiger partial charge in [0.2, 0.25) is 0 Å². The summed E-state index contributed by atoms with van der Waals surface area (Å²) in [5.74, 6) is 0. The van der Waals surface area contributed by atoms with Crippen molar-refractivity contribution >= 4 is 5.69 Å². The second-order valence-corrected chi connectivity index (χ2v) is 4.06. The molecule has 1 aromatic rings. The highest BCUT2D eigenvalue weighted by Crippen LogP contribution is 2.20. The van der Waals surface area contributed by atoms with Crippen LogP contribution in [0.15, 0.2) is 24.3 Å². The molecular formula is C12H18N2. The van der Waals surface area contributed by atoms with Crippen LogP contribution in [-0.2, 0) is 0 Å². The van der Waals surface area contributed by atoms with Gasteiger partial charge in [0.1, 0.15) is 0 Å². The van der Waals surface area contributed by atoms with Gasteiger partial charge in [-0.15, -0.1) is 0 Å². The Morgan fingerprint density at radius 3 is 2.57 bits per heavy atom. The van der Waals surface area contributed by atoms with Gasteiger partial charge in [-0.25, -0.2) is 0 Å². The standard InChI is InChI=1S/C12H18N2/c1-10-3-5-12(6-4-10)14-8-7-11(9-14)13-2/h3-6,11,13H,7-9H2,1-2H3/t11-/m0/s1. The van der Waals surface area contributed by atoms with Gasteiger partial charge in [0.05, 0.1) is 0 Å². The van der Waals surface area contributed by atoms with Crippen molar-refractivity contribution < 1.29 is 0 Å². The highest BCUT2D eigenvalue weighted by Gasteiger charge is 2.20. The molecule has 0 unspecified atom stereocenters. The quantitative estimate of drug-likeness (QED) is 0.765. The Kier molecular flexibility index (Phi) is 2.73. The fourth-order valence-corrected chi connectivity index (χ4v) is 1.99. The molecule has 1 aliphatic heterocycles. The fraction of sp³-hybridized carbons (Fsp3) is 0.500. The van der Waals surface area contributed by atoms with Crippen LogP contribution in [0.2, 0.25) is 0 Å². The van der Waals surface area contributed by atoms with Crippen molar-refractivity contribution in [3.8, 4) is 0 Å². The third-order valence-corrected chi connectivity index (χ3v) is 3.00. The zero-order chi connectivity index (χ0) is 9.97. The summed E-state index contributed by atoms with van der Waals surface area (Å²) in [6, 6.07) is 9.46. The molecule has 2 rings (SSSR count). The molecule has 1 aliphatic rings. The monoisotopic (exact) mass is 190 g/mol. The van der Waals surface area contributed by atoms with Gasteiger partial charge in [-0.2, -0.15) is 0 Å². The largest absolute Gasteiger partial charge is 0.370 e. The molecule has 0 amide bonds. The molecule has 14 heavy (non-hydrogen) atoms. The normalized spacial score (nSPS) is 21.6. The van der Waals surface area contributed by atoms with Crippen molar-refractivity contribution in [2.75, 3.05) is 25.0 Å². The smallest absolute Gasteiger partial charge is 0.0366 e. The molecule has 2 heteroatoms. The van der Waals surface area contributed by atoms with Gasteiger partial charge in [0, 0.05) is 24.8 Å².